The quantitative estimate of drug-likeness (QED) is 0.823. The zero-order valence-corrected chi connectivity index (χ0v) is 14.0. The fraction of sp³-hybridized carbons (Fsp3) is 0.714. The molecule has 1 aromatic rings. The highest BCUT2D eigenvalue weighted by Gasteiger charge is 2.28. The number of halogens is 1. The number of fused-ring (bicyclic) bond motifs is 1. The summed E-state index contributed by atoms with van der Waals surface area (Å²) in [6.07, 6.45) is 5.83. The molecule has 3 N–H and O–H groups in total. The van der Waals surface area contributed by atoms with Gasteiger partial charge in [0.15, 0.2) is 5.13 Å². The van der Waals surface area contributed by atoms with Gasteiger partial charge in [-0.3, -0.25) is 4.79 Å². The van der Waals surface area contributed by atoms with Gasteiger partial charge in [-0.15, -0.1) is 23.7 Å². The number of nitrogens with one attached hydrogen (secondary N) is 1. The fourth-order valence-corrected chi connectivity index (χ4v) is 3.21. The van der Waals surface area contributed by atoms with Crippen molar-refractivity contribution in [1.29, 1.82) is 0 Å². The zero-order valence-electron chi connectivity index (χ0n) is 12.4. The van der Waals surface area contributed by atoms with Crippen LogP contribution in [0.1, 0.15) is 50.6 Å². The number of hydrogen-bond acceptors (Lipinski definition) is 4. The molecular formula is C14H24ClN3OS. The summed E-state index contributed by atoms with van der Waals surface area (Å²) >= 11 is 1.61. The Morgan fingerprint density at radius 1 is 1.30 bits per heavy atom. The third-order valence-corrected chi connectivity index (χ3v) is 4.61. The van der Waals surface area contributed by atoms with Crippen LogP contribution in [0.3, 0.4) is 0 Å². The van der Waals surface area contributed by atoms with Crippen molar-refractivity contribution in [3.05, 3.63) is 10.6 Å². The van der Waals surface area contributed by atoms with Gasteiger partial charge in [0.25, 0.3) is 0 Å². The molecule has 0 saturated heterocycles. The van der Waals surface area contributed by atoms with Crippen molar-refractivity contribution >= 4 is 34.8 Å². The Bertz CT molecular complexity index is 444. The molecule has 6 heteroatoms. The number of aromatic nitrogens is 1. The Morgan fingerprint density at radius 2 is 1.95 bits per heavy atom. The lowest BCUT2D eigenvalue weighted by Crippen LogP contribution is -2.45. The van der Waals surface area contributed by atoms with E-state index in [1.807, 2.05) is 20.8 Å². The topological polar surface area (TPSA) is 68.0 Å². The first-order chi connectivity index (χ1) is 8.88. The number of amides is 1. The number of rotatable bonds is 2. The molecule has 1 heterocycles. The molecule has 0 aliphatic heterocycles. The molecule has 114 valence electrons. The Labute approximate surface area is 131 Å². The molecule has 0 fully saturated rings. The highest BCUT2D eigenvalue weighted by atomic mass is 35.5. The first-order valence-electron chi connectivity index (χ1n) is 6.93. The lowest BCUT2D eigenvalue weighted by molar-refractivity contribution is -0.119. The Kier molecular flexibility index (Phi) is 5.98. The lowest BCUT2D eigenvalue weighted by atomic mass is 9.87. The standard InChI is InChI=1S/C14H23N3OS.ClH/c1-14(2,3)11(15)12(18)17-13-16-9-7-5-4-6-8-10(9)19-13;/h11H,4-8,15H2,1-3H3,(H,16,17,18);1H/t11-;/m1./s1. The number of hydrogen-bond donors (Lipinski definition) is 2. The molecule has 1 aromatic heterocycles. The summed E-state index contributed by atoms with van der Waals surface area (Å²) in [6.45, 7) is 5.90. The third kappa shape index (κ3) is 4.17. The van der Waals surface area contributed by atoms with E-state index in [0.29, 0.717) is 5.13 Å². The highest BCUT2D eigenvalue weighted by molar-refractivity contribution is 7.15. The van der Waals surface area contributed by atoms with Crippen molar-refractivity contribution in [2.75, 3.05) is 5.32 Å². The van der Waals surface area contributed by atoms with Crippen molar-refractivity contribution in [3.8, 4) is 0 Å². The SMILES string of the molecule is CC(C)(C)[C@H](N)C(=O)Nc1nc2c(s1)CCCCC2.Cl. The van der Waals surface area contributed by atoms with E-state index in [1.165, 1.54) is 29.8 Å². The van der Waals surface area contributed by atoms with Gasteiger partial charge in [-0.1, -0.05) is 27.2 Å². The Balaban J connectivity index is 0.00000200. The monoisotopic (exact) mass is 317 g/mol. The van der Waals surface area contributed by atoms with Crippen molar-refractivity contribution in [3.63, 3.8) is 0 Å². The van der Waals surface area contributed by atoms with Crippen molar-refractivity contribution in [2.45, 2.75) is 58.9 Å². The molecular weight excluding hydrogens is 294 g/mol. The van der Waals surface area contributed by atoms with Gasteiger partial charge < -0.3 is 11.1 Å². The van der Waals surface area contributed by atoms with Crippen LogP contribution in [0.4, 0.5) is 5.13 Å². The average Bonchev–Trinajstić information content (AvgIpc) is 2.56. The molecule has 20 heavy (non-hydrogen) atoms. The molecule has 1 aliphatic rings. The van der Waals surface area contributed by atoms with Crippen LogP contribution in [-0.2, 0) is 17.6 Å². The summed E-state index contributed by atoms with van der Waals surface area (Å²) in [5.74, 6) is -0.142. The predicted octanol–water partition coefficient (Wildman–Crippen LogP) is 3.15. The summed E-state index contributed by atoms with van der Waals surface area (Å²) in [4.78, 5) is 17.9. The van der Waals surface area contributed by atoms with Gasteiger partial charge in [-0.05, 0) is 31.1 Å². The van der Waals surface area contributed by atoms with Crippen molar-refractivity contribution in [2.24, 2.45) is 11.1 Å². The van der Waals surface area contributed by atoms with Crippen LogP contribution >= 0.6 is 23.7 Å². The second-order valence-electron chi connectivity index (χ2n) is 6.28. The number of nitrogens with two attached hydrogens (primary N) is 1. The number of carbonyl (C=O) groups excluding carboxylic acids is 1. The maximum atomic E-state index is 12.1. The van der Waals surface area contributed by atoms with E-state index in [1.54, 1.807) is 11.3 Å². The predicted molar refractivity (Wildman–Crippen MR) is 86.7 cm³/mol. The maximum Gasteiger partial charge on any atom is 0.243 e. The number of anilines is 1. The molecule has 0 radical (unpaired) electrons. The normalized spacial score (nSPS) is 16.6. The maximum absolute atomic E-state index is 12.1. The van der Waals surface area contributed by atoms with Gasteiger partial charge in [0.1, 0.15) is 0 Å². The van der Waals surface area contributed by atoms with Crippen LogP contribution in [0.5, 0.6) is 0 Å². The van der Waals surface area contributed by atoms with Crippen LogP contribution in [0.25, 0.3) is 0 Å². The molecule has 0 bridgehead atoms. The molecule has 4 nitrogen and oxygen atoms in total. The molecule has 2 rings (SSSR count). The smallest absolute Gasteiger partial charge is 0.243 e. The van der Waals surface area contributed by atoms with Crippen LogP contribution in [0.15, 0.2) is 0 Å². The number of carbonyl (C=O) groups is 1. The van der Waals surface area contributed by atoms with Gasteiger partial charge in [0.05, 0.1) is 11.7 Å². The minimum Gasteiger partial charge on any atom is -0.319 e. The first-order valence-corrected chi connectivity index (χ1v) is 7.74. The molecule has 1 aliphatic carbocycles. The lowest BCUT2D eigenvalue weighted by Gasteiger charge is -2.25. The van der Waals surface area contributed by atoms with Crippen molar-refractivity contribution in [1.82, 2.24) is 4.98 Å². The molecule has 0 aromatic carbocycles. The largest absolute Gasteiger partial charge is 0.319 e. The van der Waals surface area contributed by atoms with E-state index in [4.69, 9.17) is 5.73 Å². The van der Waals surface area contributed by atoms with Gasteiger partial charge in [0.2, 0.25) is 5.91 Å². The molecule has 1 atom stereocenters. The van der Waals surface area contributed by atoms with Gasteiger partial charge in [-0.2, -0.15) is 0 Å². The molecule has 0 saturated carbocycles. The van der Waals surface area contributed by atoms with Crippen LogP contribution in [-0.4, -0.2) is 16.9 Å². The Morgan fingerprint density at radius 3 is 2.60 bits per heavy atom. The summed E-state index contributed by atoms with van der Waals surface area (Å²) in [5, 5.41) is 3.57. The van der Waals surface area contributed by atoms with Crippen LogP contribution in [0, 0.1) is 5.41 Å². The second-order valence-corrected chi connectivity index (χ2v) is 7.37. The van der Waals surface area contributed by atoms with E-state index >= 15 is 0 Å². The number of aryl methyl sites for hydroxylation is 2. The van der Waals surface area contributed by atoms with Gasteiger partial charge in [0, 0.05) is 4.88 Å². The van der Waals surface area contributed by atoms with E-state index in [-0.39, 0.29) is 23.7 Å². The highest BCUT2D eigenvalue weighted by Crippen LogP contribution is 2.29. The van der Waals surface area contributed by atoms with Crippen molar-refractivity contribution < 1.29 is 4.79 Å². The fourth-order valence-electron chi connectivity index (χ4n) is 2.16. The average molecular weight is 318 g/mol. The van der Waals surface area contributed by atoms with E-state index in [2.05, 4.69) is 10.3 Å². The zero-order chi connectivity index (χ0) is 14.0. The first kappa shape index (κ1) is 17.4. The summed E-state index contributed by atoms with van der Waals surface area (Å²) in [7, 11) is 0. The van der Waals surface area contributed by atoms with Gasteiger partial charge >= 0.3 is 0 Å². The molecule has 0 spiro atoms. The summed E-state index contributed by atoms with van der Waals surface area (Å²) in [6, 6.07) is -0.517. The summed E-state index contributed by atoms with van der Waals surface area (Å²) < 4.78 is 0. The van der Waals surface area contributed by atoms with Crippen LogP contribution < -0.4 is 11.1 Å². The van der Waals surface area contributed by atoms with Crippen LogP contribution in [0.2, 0.25) is 0 Å². The van der Waals surface area contributed by atoms with E-state index in [0.717, 1.165) is 12.8 Å². The minimum atomic E-state index is -0.517. The minimum absolute atomic E-state index is 0. The van der Waals surface area contributed by atoms with E-state index < -0.39 is 6.04 Å². The Hall–Kier alpha value is -0.650. The molecule has 0 unspecified atom stereocenters. The van der Waals surface area contributed by atoms with Gasteiger partial charge in [-0.25, -0.2) is 4.98 Å². The third-order valence-electron chi connectivity index (χ3n) is 3.54. The second kappa shape index (κ2) is 6.87. The molecule has 1 amide bonds. The number of thiazole rings is 1. The summed E-state index contributed by atoms with van der Waals surface area (Å²) in [5.41, 5.74) is 6.89. The van der Waals surface area contributed by atoms with E-state index in [9.17, 15) is 4.79 Å². The number of nitrogens with zero attached hydrogens (tertiary/aromatic N) is 1.